The number of methoxy groups -OCH3 is 2. The van der Waals surface area contributed by atoms with E-state index < -0.39 is 10.0 Å². The Hall–Kier alpha value is -4.90. The molecule has 5 rings (SSSR count). The molecule has 0 saturated heterocycles. The van der Waals surface area contributed by atoms with Crippen molar-refractivity contribution in [3.05, 3.63) is 96.0 Å². The average molecular weight is 644 g/mol. The maximum atomic E-state index is 13.0. The van der Waals surface area contributed by atoms with Crippen molar-refractivity contribution < 1.29 is 22.7 Å². The third kappa shape index (κ3) is 7.00. The van der Waals surface area contributed by atoms with E-state index in [1.54, 1.807) is 37.8 Å². The van der Waals surface area contributed by atoms with Gasteiger partial charge < -0.3 is 14.8 Å². The van der Waals surface area contributed by atoms with E-state index in [9.17, 15) is 18.5 Å². The van der Waals surface area contributed by atoms with Gasteiger partial charge in [0.2, 0.25) is 5.91 Å². The Balaban J connectivity index is 1.40. The van der Waals surface area contributed by atoms with E-state index in [4.69, 9.17) is 14.5 Å². The Labute approximate surface area is 262 Å². The number of hydrogen-bond donors (Lipinski definition) is 2. The molecule has 0 aliphatic heterocycles. The SMILES string of the molecule is COc1ccc(OC)c(-c2cc(-c3ccccc3)nc(SCC(=O)Nc3ccc(S(=O)(=O)Nc4nccs4)cc3)c2C#N)c1. The van der Waals surface area contributed by atoms with Crippen molar-refractivity contribution in [3.63, 3.8) is 0 Å². The molecule has 10 nitrogen and oxygen atoms in total. The number of thiazole rings is 1. The van der Waals surface area contributed by atoms with Crippen molar-refractivity contribution in [1.29, 1.82) is 5.26 Å². The molecule has 0 unspecified atom stereocenters. The van der Waals surface area contributed by atoms with E-state index in [2.05, 4.69) is 21.1 Å². The summed E-state index contributed by atoms with van der Waals surface area (Å²) >= 11 is 2.29. The summed E-state index contributed by atoms with van der Waals surface area (Å²) in [5, 5.41) is 15.3. The molecule has 0 bridgehead atoms. The van der Waals surface area contributed by atoms with Crippen LogP contribution in [0.5, 0.6) is 11.5 Å². The van der Waals surface area contributed by atoms with Crippen molar-refractivity contribution in [2.24, 2.45) is 0 Å². The number of pyridine rings is 1. The van der Waals surface area contributed by atoms with Crippen LogP contribution in [-0.4, -0.2) is 44.3 Å². The number of thioether (sulfide) groups is 1. The van der Waals surface area contributed by atoms with Crippen LogP contribution in [-0.2, 0) is 14.8 Å². The van der Waals surface area contributed by atoms with Crippen molar-refractivity contribution in [1.82, 2.24) is 9.97 Å². The van der Waals surface area contributed by atoms with E-state index in [1.165, 1.54) is 41.8 Å². The lowest BCUT2D eigenvalue weighted by atomic mass is 9.98. The second-order valence-electron chi connectivity index (χ2n) is 9.08. The second-order valence-corrected chi connectivity index (χ2v) is 12.6. The minimum absolute atomic E-state index is 0.0289. The predicted octanol–water partition coefficient (Wildman–Crippen LogP) is 6.29. The Kier molecular flexibility index (Phi) is 9.44. The molecule has 2 aromatic heterocycles. The quantitative estimate of drug-likeness (QED) is 0.159. The first-order valence-electron chi connectivity index (χ1n) is 13.0. The molecule has 2 N–H and O–H groups in total. The van der Waals surface area contributed by atoms with Gasteiger partial charge >= 0.3 is 0 Å². The predicted molar refractivity (Wildman–Crippen MR) is 172 cm³/mol. The maximum Gasteiger partial charge on any atom is 0.263 e. The zero-order valence-corrected chi connectivity index (χ0v) is 25.9. The van der Waals surface area contributed by atoms with Gasteiger partial charge in [0.05, 0.1) is 36.1 Å². The first kappa shape index (κ1) is 30.6. The van der Waals surface area contributed by atoms with Crippen LogP contribution in [0.2, 0.25) is 0 Å². The highest BCUT2D eigenvalue weighted by Gasteiger charge is 2.20. The number of nitrogens with one attached hydrogen (secondary N) is 2. The van der Waals surface area contributed by atoms with Crippen molar-refractivity contribution >= 4 is 49.8 Å². The topological polar surface area (TPSA) is 143 Å². The number of nitrogens with zero attached hydrogens (tertiary/aromatic N) is 3. The number of sulfonamides is 1. The van der Waals surface area contributed by atoms with Gasteiger partial charge in [-0.15, -0.1) is 11.3 Å². The van der Waals surface area contributed by atoms with Gasteiger partial charge in [-0.2, -0.15) is 5.26 Å². The van der Waals surface area contributed by atoms with Gasteiger partial charge in [-0.25, -0.2) is 18.4 Å². The zero-order chi connectivity index (χ0) is 31.1. The Morgan fingerprint density at radius 2 is 1.77 bits per heavy atom. The molecule has 1 amide bonds. The third-order valence-corrected chi connectivity index (χ3v) is 9.45. The van der Waals surface area contributed by atoms with Gasteiger partial charge in [0.25, 0.3) is 10.0 Å². The lowest BCUT2D eigenvalue weighted by Crippen LogP contribution is -2.15. The van der Waals surface area contributed by atoms with E-state index in [1.807, 2.05) is 36.4 Å². The second kappa shape index (κ2) is 13.6. The smallest absolute Gasteiger partial charge is 0.263 e. The van der Waals surface area contributed by atoms with Crippen LogP contribution in [0.1, 0.15) is 5.56 Å². The summed E-state index contributed by atoms with van der Waals surface area (Å²) in [7, 11) is -0.709. The summed E-state index contributed by atoms with van der Waals surface area (Å²) in [4.78, 5) is 21.7. The summed E-state index contributed by atoms with van der Waals surface area (Å²) in [6.45, 7) is 0. The van der Waals surface area contributed by atoms with Gasteiger partial charge in [0.1, 0.15) is 22.6 Å². The molecule has 0 saturated carbocycles. The molecule has 5 aromatic rings. The number of ether oxygens (including phenoxy) is 2. The summed E-state index contributed by atoms with van der Waals surface area (Å²) < 4.78 is 38.7. The van der Waals surface area contributed by atoms with E-state index >= 15 is 0 Å². The van der Waals surface area contributed by atoms with Crippen LogP contribution in [0.25, 0.3) is 22.4 Å². The Morgan fingerprint density at radius 3 is 2.43 bits per heavy atom. The molecule has 2 heterocycles. The molecule has 0 spiro atoms. The third-order valence-electron chi connectivity index (χ3n) is 6.31. The molecule has 222 valence electrons. The fourth-order valence-electron chi connectivity index (χ4n) is 4.22. The fourth-order valence-corrected chi connectivity index (χ4v) is 6.82. The molecular weight excluding hydrogens is 619 g/mol. The number of benzene rings is 3. The van der Waals surface area contributed by atoms with Gasteiger partial charge in [-0.3, -0.25) is 9.52 Å². The molecule has 0 aliphatic rings. The normalized spacial score (nSPS) is 10.9. The Morgan fingerprint density at radius 1 is 1.00 bits per heavy atom. The number of carbonyl (C=O) groups excluding carboxylic acids is 1. The fraction of sp³-hybridized carbons (Fsp3) is 0.0968. The summed E-state index contributed by atoms with van der Waals surface area (Å²) in [6, 6.07) is 24.7. The van der Waals surface area contributed by atoms with E-state index in [0.29, 0.717) is 39.0 Å². The monoisotopic (exact) mass is 643 g/mol. The van der Waals surface area contributed by atoms with Crippen molar-refractivity contribution in [3.8, 4) is 40.0 Å². The summed E-state index contributed by atoms with van der Waals surface area (Å²) in [6.07, 6.45) is 1.50. The lowest BCUT2D eigenvalue weighted by molar-refractivity contribution is -0.113. The first-order valence-corrected chi connectivity index (χ1v) is 16.3. The number of aromatic nitrogens is 2. The molecule has 44 heavy (non-hydrogen) atoms. The summed E-state index contributed by atoms with van der Waals surface area (Å²) in [5.74, 6) is 0.728. The molecule has 13 heteroatoms. The molecular formula is C31H25N5O5S3. The number of rotatable bonds is 11. The summed E-state index contributed by atoms with van der Waals surface area (Å²) in [5.41, 5.74) is 3.40. The van der Waals surface area contributed by atoms with Gasteiger partial charge in [-0.05, 0) is 48.5 Å². The van der Waals surface area contributed by atoms with Crippen molar-refractivity contribution in [2.75, 3.05) is 30.0 Å². The van der Waals surface area contributed by atoms with E-state index in [0.717, 1.165) is 17.3 Å². The number of carbonyl (C=O) groups is 1. The number of nitriles is 1. The average Bonchev–Trinajstić information content (AvgIpc) is 3.56. The molecule has 0 fully saturated rings. The number of anilines is 2. The minimum Gasteiger partial charge on any atom is -0.497 e. The first-order chi connectivity index (χ1) is 21.3. The Bertz CT molecular complexity index is 1930. The van der Waals surface area contributed by atoms with Gasteiger partial charge in [0, 0.05) is 34.0 Å². The highest BCUT2D eigenvalue weighted by atomic mass is 32.2. The van der Waals surface area contributed by atoms with Crippen LogP contribution in [0.4, 0.5) is 10.8 Å². The highest BCUT2D eigenvalue weighted by Crippen LogP contribution is 2.40. The van der Waals surface area contributed by atoms with Gasteiger partial charge in [-0.1, -0.05) is 42.1 Å². The molecule has 0 aliphatic carbocycles. The number of amides is 1. The maximum absolute atomic E-state index is 13.0. The van der Waals surface area contributed by atoms with Crippen LogP contribution < -0.4 is 19.5 Å². The van der Waals surface area contributed by atoms with Crippen LogP contribution in [0.3, 0.4) is 0 Å². The van der Waals surface area contributed by atoms with Crippen LogP contribution in [0.15, 0.2) is 100 Å². The molecule has 0 radical (unpaired) electrons. The van der Waals surface area contributed by atoms with Crippen LogP contribution in [0, 0.1) is 11.3 Å². The van der Waals surface area contributed by atoms with Crippen LogP contribution >= 0.6 is 23.1 Å². The standard InChI is InChI=1S/C31H25N5O5S3/c1-40-22-10-13-28(41-2)25(16-22)24-17-27(20-6-4-3-5-7-20)35-30(26(24)18-32)43-19-29(37)34-21-8-11-23(12-9-21)44(38,39)36-31-33-14-15-42-31/h3-17H,19H2,1-2H3,(H,33,36)(H,34,37). The minimum atomic E-state index is -3.82. The molecule has 3 aromatic carbocycles. The lowest BCUT2D eigenvalue weighted by Gasteiger charge is -2.15. The largest absolute Gasteiger partial charge is 0.497 e. The zero-order valence-electron chi connectivity index (χ0n) is 23.5. The highest BCUT2D eigenvalue weighted by molar-refractivity contribution is 8.00. The van der Waals surface area contributed by atoms with E-state index in [-0.39, 0.29) is 27.3 Å². The van der Waals surface area contributed by atoms with Gasteiger partial charge in [0.15, 0.2) is 5.13 Å². The molecule has 0 atom stereocenters. The van der Waals surface area contributed by atoms with Crippen molar-refractivity contribution in [2.45, 2.75) is 9.92 Å². The number of hydrogen-bond acceptors (Lipinski definition) is 10.